The zero-order valence-electron chi connectivity index (χ0n) is 19.2. The van der Waals surface area contributed by atoms with Crippen LogP contribution in [-0.2, 0) is 17.5 Å². The second-order valence-corrected chi connectivity index (χ2v) is 10.4. The standard InChI is InChI=1S/C26H34NO5P/c1-21(33(28,29)30)15-16-27-20-23-13-14-26(24(19-23)25-12-8-18-32-25)31-17-7-3-6-11-22-9-4-2-5-10-22/h2,4-5,8-10,12-14,18-19,21,27H,3,6-7,11,15-17,20H2,1H3,(H2,28,29,30). The fraction of sp³-hybridized carbons (Fsp3) is 0.385. The van der Waals surface area contributed by atoms with Crippen LogP contribution in [-0.4, -0.2) is 28.6 Å². The van der Waals surface area contributed by atoms with Crippen LogP contribution < -0.4 is 10.1 Å². The highest BCUT2D eigenvalue weighted by Crippen LogP contribution is 2.42. The van der Waals surface area contributed by atoms with Crippen LogP contribution in [0.25, 0.3) is 11.3 Å². The summed E-state index contributed by atoms with van der Waals surface area (Å²) in [6.45, 7) is 3.36. The van der Waals surface area contributed by atoms with Gasteiger partial charge in [-0.1, -0.05) is 43.3 Å². The Labute approximate surface area is 196 Å². The monoisotopic (exact) mass is 471 g/mol. The summed E-state index contributed by atoms with van der Waals surface area (Å²) < 4.78 is 23.0. The first kappa shape index (κ1) is 25.3. The summed E-state index contributed by atoms with van der Waals surface area (Å²) in [7, 11) is -4.02. The Morgan fingerprint density at radius 2 is 1.82 bits per heavy atom. The Bertz CT molecular complexity index is 1000. The van der Waals surface area contributed by atoms with E-state index >= 15 is 0 Å². The highest BCUT2D eigenvalue weighted by Gasteiger charge is 2.22. The smallest absolute Gasteiger partial charge is 0.328 e. The van der Waals surface area contributed by atoms with Crippen molar-refractivity contribution in [3.05, 3.63) is 78.1 Å². The van der Waals surface area contributed by atoms with Gasteiger partial charge >= 0.3 is 7.60 Å². The molecule has 0 aliphatic carbocycles. The highest BCUT2D eigenvalue weighted by atomic mass is 31.2. The molecule has 1 heterocycles. The van der Waals surface area contributed by atoms with Crippen molar-refractivity contribution >= 4 is 7.60 Å². The third-order valence-corrected chi connectivity index (χ3v) is 7.09. The van der Waals surface area contributed by atoms with E-state index in [4.69, 9.17) is 9.15 Å². The molecule has 1 aromatic heterocycles. The van der Waals surface area contributed by atoms with Crippen molar-refractivity contribution in [2.75, 3.05) is 13.2 Å². The van der Waals surface area contributed by atoms with E-state index in [0.717, 1.165) is 48.3 Å². The van der Waals surface area contributed by atoms with Gasteiger partial charge in [0, 0.05) is 6.54 Å². The van der Waals surface area contributed by atoms with Crippen LogP contribution in [0.15, 0.2) is 71.3 Å². The van der Waals surface area contributed by atoms with Crippen molar-refractivity contribution < 1.29 is 23.5 Å². The molecule has 3 N–H and O–H groups in total. The molecular formula is C26H34NO5P. The topological polar surface area (TPSA) is 91.9 Å². The van der Waals surface area contributed by atoms with Gasteiger partial charge in [0.2, 0.25) is 0 Å². The van der Waals surface area contributed by atoms with Gasteiger partial charge in [0.15, 0.2) is 0 Å². The van der Waals surface area contributed by atoms with Gasteiger partial charge in [-0.05, 0) is 74.0 Å². The molecule has 2 aromatic carbocycles. The normalized spacial score (nSPS) is 12.6. The molecule has 33 heavy (non-hydrogen) atoms. The van der Waals surface area contributed by atoms with E-state index in [-0.39, 0.29) is 0 Å². The van der Waals surface area contributed by atoms with Gasteiger partial charge in [0.1, 0.15) is 11.5 Å². The third kappa shape index (κ3) is 8.49. The maximum atomic E-state index is 11.3. The van der Waals surface area contributed by atoms with Crippen molar-refractivity contribution in [1.29, 1.82) is 0 Å². The van der Waals surface area contributed by atoms with E-state index in [2.05, 4.69) is 29.6 Å². The summed E-state index contributed by atoms with van der Waals surface area (Å²) in [6.07, 6.45) is 6.40. The molecule has 0 aliphatic heterocycles. The Kier molecular flexibility index (Phi) is 9.76. The number of furan rings is 1. The number of hydrogen-bond donors (Lipinski definition) is 3. The minimum Gasteiger partial charge on any atom is -0.493 e. The van der Waals surface area contributed by atoms with Crippen molar-refractivity contribution in [2.24, 2.45) is 0 Å². The van der Waals surface area contributed by atoms with Crippen molar-refractivity contribution in [1.82, 2.24) is 5.32 Å². The molecule has 0 amide bonds. The molecule has 7 heteroatoms. The molecule has 0 aliphatic rings. The first-order chi connectivity index (χ1) is 15.9. The summed E-state index contributed by atoms with van der Waals surface area (Å²) in [6, 6.07) is 20.3. The van der Waals surface area contributed by atoms with Gasteiger partial charge in [-0.25, -0.2) is 0 Å². The summed E-state index contributed by atoms with van der Waals surface area (Å²) in [5, 5.41) is 3.26. The minimum atomic E-state index is -4.02. The van der Waals surface area contributed by atoms with Crippen molar-refractivity contribution in [2.45, 2.75) is 51.2 Å². The average Bonchev–Trinajstić information content (AvgIpc) is 3.34. The predicted molar refractivity (Wildman–Crippen MR) is 131 cm³/mol. The number of benzene rings is 2. The van der Waals surface area contributed by atoms with E-state index in [9.17, 15) is 14.4 Å². The molecule has 0 radical (unpaired) electrons. The molecule has 0 bridgehead atoms. The molecule has 1 unspecified atom stereocenters. The average molecular weight is 472 g/mol. The lowest BCUT2D eigenvalue weighted by Crippen LogP contribution is -2.19. The number of rotatable bonds is 14. The molecule has 3 aromatic rings. The predicted octanol–water partition coefficient (Wildman–Crippen LogP) is 5.78. The molecule has 0 spiro atoms. The molecule has 0 saturated carbocycles. The fourth-order valence-electron chi connectivity index (χ4n) is 3.58. The van der Waals surface area contributed by atoms with Gasteiger partial charge in [-0.2, -0.15) is 0 Å². The lowest BCUT2D eigenvalue weighted by molar-refractivity contribution is 0.305. The second kappa shape index (κ2) is 12.8. The molecule has 6 nitrogen and oxygen atoms in total. The maximum Gasteiger partial charge on any atom is 0.328 e. The zero-order valence-corrected chi connectivity index (χ0v) is 20.0. The number of hydrogen-bond acceptors (Lipinski definition) is 4. The summed E-state index contributed by atoms with van der Waals surface area (Å²) >= 11 is 0. The fourth-order valence-corrected chi connectivity index (χ4v) is 4.05. The molecule has 1 atom stereocenters. The lowest BCUT2D eigenvalue weighted by atomic mass is 10.1. The maximum absolute atomic E-state index is 11.3. The second-order valence-electron chi connectivity index (χ2n) is 8.36. The van der Waals surface area contributed by atoms with Gasteiger partial charge in [0.05, 0.1) is 24.1 Å². The molecule has 3 rings (SSSR count). The summed E-state index contributed by atoms with van der Waals surface area (Å²) in [5.74, 6) is 1.55. The van der Waals surface area contributed by atoms with Crippen molar-refractivity contribution in [3.8, 4) is 17.1 Å². The van der Waals surface area contributed by atoms with Crippen LogP contribution in [0.3, 0.4) is 0 Å². The number of nitrogens with one attached hydrogen (secondary N) is 1. The minimum absolute atomic E-state index is 0.417. The highest BCUT2D eigenvalue weighted by molar-refractivity contribution is 7.52. The number of aryl methyl sites for hydroxylation is 1. The lowest BCUT2D eigenvalue weighted by Gasteiger charge is -2.14. The quantitative estimate of drug-likeness (QED) is 0.204. The van der Waals surface area contributed by atoms with Gasteiger partial charge < -0.3 is 24.3 Å². The first-order valence-corrected chi connectivity index (χ1v) is 13.2. The van der Waals surface area contributed by atoms with Crippen LogP contribution in [0.4, 0.5) is 0 Å². The van der Waals surface area contributed by atoms with Crippen LogP contribution in [0.5, 0.6) is 5.75 Å². The molecule has 0 fully saturated rings. The summed E-state index contributed by atoms with van der Waals surface area (Å²) in [4.78, 5) is 18.4. The Hall–Kier alpha value is -2.37. The molecule has 0 saturated heterocycles. The van der Waals surface area contributed by atoms with Crippen LogP contribution in [0.1, 0.15) is 43.7 Å². The molecular weight excluding hydrogens is 437 g/mol. The van der Waals surface area contributed by atoms with Gasteiger partial charge in [-0.3, -0.25) is 4.57 Å². The molecule has 178 valence electrons. The largest absolute Gasteiger partial charge is 0.493 e. The zero-order chi connectivity index (χ0) is 23.5. The van der Waals surface area contributed by atoms with Gasteiger partial charge in [-0.15, -0.1) is 0 Å². The van der Waals surface area contributed by atoms with Gasteiger partial charge in [0.25, 0.3) is 0 Å². The third-order valence-electron chi connectivity index (χ3n) is 5.68. The van der Waals surface area contributed by atoms with E-state index in [1.165, 1.54) is 5.56 Å². The Morgan fingerprint density at radius 1 is 1.00 bits per heavy atom. The Balaban J connectivity index is 1.49. The van der Waals surface area contributed by atoms with E-state index < -0.39 is 13.3 Å². The van der Waals surface area contributed by atoms with Crippen LogP contribution >= 0.6 is 7.60 Å². The number of unbranched alkanes of at least 4 members (excludes halogenated alkanes) is 2. The number of ether oxygens (including phenoxy) is 1. The van der Waals surface area contributed by atoms with E-state index in [0.29, 0.717) is 26.1 Å². The van der Waals surface area contributed by atoms with Crippen LogP contribution in [0.2, 0.25) is 0 Å². The summed E-state index contributed by atoms with van der Waals surface area (Å²) in [5.41, 5.74) is 2.69. The SMILES string of the molecule is CC(CCNCc1ccc(OCCCCCc2ccccc2)c(-c2ccco2)c1)P(=O)(O)O. The van der Waals surface area contributed by atoms with Crippen molar-refractivity contribution in [3.63, 3.8) is 0 Å². The van der Waals surface area contributed by atoms with Crippen LogP contribution in [0, 0.1) is 0 Å². The Morgan fingerprint density at radius 3 is 2.55 bits per heavy atom. The van der Waals surface area contributed by atoms with E-state index in [1.807, 2.05) is 36.4 Å². The first-order valence-electron chi connectivity index (χ1n) is 11.5. The van der Waals surface area contributed by atoms with E-state index in [1.54, 1.807) is 13.2 Å².